The van der Waals surface area contributed by atoms with Crippen LogP contribution >= 0.6 is 0 Å². The summed E-state index contributed by atoms with van der Waals surface area (Å²) in [5.41, 5.74) is 3.08. The van der Waals surface area contributed by atoms with E-state index < -0.39 is 0 Å². The number of aryl methyl sites for hydroxylation is 2. The van der Waals surface area contributed by atoms with Crippen LogP contribution in [0.2, 0.25) is 0 Å². The minimum absolute atomic E-state index is 0.0147. The van der Waals surface area contributed by atoms with E-state index in [9.17, 15) is 4.79 Å². The Bertz CT molecular complexity index is 772. The van der Waals surface area contributed by atoms with Gasteiger partial charge < -0.3 is 19.5 Å². The van der Waals surface area contributed by atoms with Crippen molar-refractivity contribution in [1.29, 1.82) is 0 Å². The smallest absolute Gasteiger partial charge is 0.258 e. The summed E-state index contributed by atoms with van der Waals surface area (Å²) in [7, 11) is 0. The van der Waals surface area contributed by atoms with Gasteiger partial charge in [-0.05, 0) is 55.7 Å². The molecule has 5 heteroatoms. The van der Waals surface area contributed by atoms with Gasteiger partial charge in [-0.25, -0.2) is 0 Å². The van der Waals surface area contributed by atoms with Gasteiger partial charge in [0.2, 0.25) is 0 Å². The van der Waals surface area contributed by atoms with Crippen molar-refractivity contribution in [3.8, 4) is 17.2 Å². The van der Waals surface area contributed by atoms with Crippen LogP contribution in [0.1, 0.15) is 29.7 Å². The lowest BCUT2D eigenvalue weighted by Crippen LogP contribution is -2.31. The zero-order valence-electron chi connectivity index (χ0n) is 14.8. The fourth-order valence-corrected chi connectivity index (χ4v) is 2.70. The molecule has 0 saturated heterocycles. The number of nitrogens with one attached hydrogen (secondary N) is 1. The van der Waals surface area contributed by atoms with Crippen LogP contribution < -0.4 is 19.5 Å². The topological polar surface area (TPSA) is 56.8 Å². The molecule has 1 heterocycles. The Labute approximate surface area is 147 Å². The summed E-state index contributed by atoms with van der Waals surface area (Å²) in [6, 6.07) is 11.5. The van der Waals surface area contributed by atoms with Crippen LogP contribution in [0, 0.1) is 13.8 Å². The average Bonchev–Trinajstić information content (AvgIpc) is 2.62. The maximum absolute atomic E-state index is 12.2. The van der Waals surface area contributed by atoms with Gasteiger partial charge in [-0.15, -0.1) is 0 Å². The summed E-state index contributed by atoms with van der Waals surface area (Å²) in [4.78, 5) is 12.2. The molecule has 132 valence electrons. The van der Waals surface area contributed by atoms with Gasteiger partial charge >= 0.3 is 0 Å². The molecule has 0 saturated carbocycles. The summed E-state index contributed by atoms with van der Waals surface area (Å²) in [5.74, 6) is 2.04. The van der Waals surface area contributed by atoms with Crippen LogP contribution in [0.4, 0.5) is 0 Å². The fourth-order valence-electron chi connectivity index (χ4n) is 2.70. The SMILES string of the molecule is Cc1ccc(C)c(OCC(=O)NC(C)c2ccc3c(c2)OCCO3)c1. The Balaban J connectivity index is 1.58. The molecule has 0 aromatic heterocycles. The molecule has 0 bridgehead atoms. The van der Waals surface area contributed by atoms with Crippen molar-refractivity contribution in [2.75, 3.05) is 19.8 Å². The second kappa shape index (κ2) is 7.47. The molecule has 2 aromatic carbocycles. The largest absolute Gasteiger partial charge is 0.486 e. The number of hydrogen-bond donors (Lipinski definition) is 1. The molecule has 0 fully saturated rings. The summed E-state index contributed by atoms with van der Waals surface area (Å²) in [6.07, 6.45) is 0. The van der Waals surface area contributed by atoms with Gasteiger partial charge in [0.15, 0.2) is 18.1 Å². The lowest BCUT2D eigenvalue weighted by atomic mass is 10.1. The van der Waals surface area contributed by atoms with E-state index in [0.717, 1.165) is 33.9 Å². The molecule has 25 heavy (non-hydrogen) atoms. The molecule has 1 atom stereocenters. The molecule has 2 aromatic rings. The van der Waals surface area contributed by atoms with Crippen LogP contribution in [0.25, 0.3) is 0 Å². The second-order valence-corrected chi connectivity index (χ2v) is 6.25. The van der Waals surface area contributed by atoms with E-state index in [1.807, 2.05) is 57.2 Å². The molecular formula is C20H23NO4. The molecule has 0 spiro atoms. The molecule has 1 amide bonds. The summed E-state index contributed by atoms with van der Waals surface area (Å²) >= 11 is 0. The zero-order chi connectivity index (χ0) is 17.8. The van der Waals surface area contributed by atoms with Crippen molar-refractivity contribution >= 4 is 5.91 Å². The van der Waals surface area contributed by atoms with Crippen molar-refractivity contribution in [2.45, 2.75) is 26.8 Å². The molecule has 1 N–H and O–H groups in total. The first-order valence-corrected chi connectivity index (χ1v) is 8.42. The predicted molar refractivity (Wildman–Crippen MR) is 95.4 cm³/mol. The lowest BCUT2D eigenvalue weighted by Gasteiger charge is -2.21. The Morgan fingerprint density at radius 1 is 1.12 bits per heavy atom. The number of fused-ring (bicyclic) bond motifs is 1. The van der Waals surface area contributed by atoms with E-state index in [1.165, 1.54) is 0 Å². The number of ether oxygens (including phenoxy) is 3. The van der Waals surface area contributed by atoms with E-state index >= 15 is 0 Å². The van der Waals surface area contributed by atoms with Gasteiger partial charge in [-0.1, -0.05) is 18.2 Å². The summed E-state index contributed by atoms with van der Waals surface area (Å²) < 4.78 is 16.8. The lowest BCUT2D eigenvalue weighted by molar-refractivity contribution is -0.123. The van der Waals surface area contributed by atoms with Crippen molar-refractivity contribution in [1.82, 2.24) is 5.32 Å². The highest BCUT2D eigenvalue weighted by Gasteiger charge is 2.16. The van der Waals surface area contributed by atoms with E-state index in [-0.39, 0.29) is 18.6 Å². The normalized spacial score (nSPS) is 13.9. The van der Waals surface area contributed by atoms with Crippen molar-refractivity contribution in [3.63, 3.8) is 0 Å². The summed E-state index contributed by atoms with van der Waals surface area (Å²) in [5, 5.41) is 2.95. The van der Waals surface area contributed by atoms with Crippen LogP contribution in [0.3, 0.4) is 0 Å². The van der Waals surface area contributed by atoms with Gasteiger partial charge in [0.1, 0.15) is 19.0 Å². The Morgan fingerprint density at radius 2 is 1.88 bits per heavy atom. The van der Waals surface area contributed by atoms with Gasteiger partial charge in [0.25, 0.3) is 5.91 Å². The Kier molecular flexibility index (Phi) is 5.12. The third-order valence-electron chi connectivity index (χ3n) is 4.15. The molecule has 0 radical (unpaired) electrons. The van der Waals surface area contributed by atoms with Crippen molar-refractivity contribution < 1.29 is 19.0 Å². The highest BCUT2D eigenvalue weighted by Crippen LogP contribution is 2.32. The molecule has 1 aliphatic rings. The van der Waals surface area contributed by atoms with E-state index in [4.69, 9.17) is 14.2 Å². The first kappa shape index (κ1) is 17.1. The summed E-state index contributed by atoms with van der Waals surface area (Å²) in [6.45, 7) is 6.98. The maximum atomic E-state index is 12.2. The number of rotatable bonds is 5. The van der Waals surface area contributed by atoms with Crippen LogP contribution in [-0.2, 0) is 4.79 Å². The minimum atomic E-state index is -0.164. The quantitative estimate of drug-likeness (QED) is 0.906. The number of hydrogen-bond acceptors (Lipinski definition) is 4. The third-order valence-corrected chi connectivity index (χ3v) is 4.15. The Hall–Kier alpha value is -2.69. The molecule has 5 nitrogen and oxygen atoms in total. The Morgan fingerprint density at radius 3 is 2.68 bits per heavy atom. The second-order valence-electron chi connectivity index (χ2n) is 6.25. The zero-order valence-corrected chi connectivity index (χ0v) is 14.8. The third kappa shape index (κ3) is 4.24. The van der Waals surface area contributed by atoms with Gasteiger partial charge in [0, 0.05) is 0 Å². The molecule has 1 aliphatic heterocycles. The minimum Gasteiger partial charge on any atom is -0.486 e. The van der Waals surface area contributed by atoms with Crippen LogP contribution in [-0.4, -0.2) is 25.7 Å². The van der Waals surface area contributed by atoms with Crippen LogP contribution in [0.15, 0.2) is 36.4 Å². The first-order chi connectivity index (χ1) is 12.0. The van der Waals surface area contributed by atoms with Gasteiger partial charge in [0.05, 0.1) is 6.04 Å². The average molecular weight is 341 g/mol. The number of carbonyl (C=O) groups is 1. The van der Waals surface area contributed by atoms with Crippen molar-refractivity contribution in [2.24, 2.45) is 0 Å². The molecular weight excluding hydrogens is 318 g/mol. The fraction of sp³-hybridized carbons (Fsp3) is 0.350. The monoisotopic (exact) mass is 341 g/mol. The highest BCUT2D eigenvalue weighted by atomic mass is 16.6. The van der Waals surface area contributed by atoms with E-state index in [0.29, 0.717) is 13.2 Å². The molecule has 0 aliphatic carbocycles. The van der Waals surface area contributed by atoms with E-state index in [1.54, 1.807) is 0 Å². The highest BCUT2D eigenvalue weighted by molar-refractivity contribution is 5.78. The predicted octanol–water partition coefficient (Wildman–Crippen LogP) is 3.33. The van der Waals surface area contributed by atoms with Gasteiger partial charge in [-0.3, -0.25) is 4.79 Å². The molecule has 1 unspecified atom stereocenters. The van der Waals surface area contributed by atoms with Crippen LogP contribution in [0.5, 0.6) is 17.2 Å². The maximum Gasteiger partial charge on any atom is 0.258 e. The number of benzene rings is 2. The van der Waals surface area contributed by atoms with Crippen molar-refractivity contribution in [3.05, 3.63) is 53.1 Å². The standard InChI is InChI=1S/C20H23NO4/c1-13-4-5-14(2)18(10-13)25-12-20(22)21-15(3)16-6-7-17-19(11-16)24-9-8-23-17/h4-7,10-11,15H,8-9,12H2,1-3H3,(H,21,22). The number of carbonyl (C=O) groups excluding carboxylic acids is 1. The van der Waals surface area contributed by atoms with Gasteiger partial charge in [-0.2, -0.15) is 0 Å². The first-order valence-electron chi connectivity index (χ1n) is 8.42. The molecule has 3 rings (SSSR count). The van der Waals surface area contributed by atoms with E-state index in [2.05, 4.69) is 5.32 Å². The number of amides is 1.